The summed E-state index contributed by atoms with van der Waals surface area (Å²) in [6.07, 6.45) is -0.418. The normalized spacial score (nSPS) is 15.4. The van der Waals surface area contributed by atoms with Crippen LogP contribution >= 0.6 is 0 Å². The number of anilines is 1. The van der Waals surface area contributed by atoms with Crippen LogP contribution in [-0.4, -0.2) is 47.0 Å². The van der Waals surface area contributed by atoms with E-state index in [1.807, 2.05) is 4.90 Å². The molecule has 6 nitrogen and oxygen atoms in total. The summed E-state index contributed by atoms with van der Waals surface area (Å²) in [6.45, 7) is 3.76. The predicted octanol–water partition coefficient (Wildman–Crippen LogP) is 1.58. The number of pyridine rings is 1. The molecule has 0 spiro atoms. The van der Waals surface area contributed by atoms with Gasteiger partial charge in [-0.2, -0.15) is 13.2 Å². The Labute approximate surface area is 142 Å². The largest absolute Gasteiger partial charge is 0.419 e. The highest BCUT2D eigenvalue weighted by molar-refractivity contribution is 5.92. The number of nitrogens with zero attached hydrogens (tertiary/aromatic N) is 4. The van der Waals surface area contributed by atoms with E-state index in [0.717, 1.165) is 18.0 Å². The molecule has 1 N–H and O–H groups in total. The first-order valence-electron chi connectivity index (χ1n) is 7.76. The molecule has 0 atom stereocenters. The van der Waals surface area contributed by atoms with Gasteiger partial charge >= 0.3 is 6.18 Å². The van der Waals surface area contributed by atoms with Crippen molar-refractivity contribution in [2.24, 2.45) is 0 Å². The lowest BCUT2D eigenvalue weighted by molar-refractivity contribution is -0.367. The van der Waals surface area contributed by atoms with Crippen molar-refractivity contribution in [1.82, 2.24) is 14.9 Å². The number of aromatic nitrogens is 3. The van der Waals surface area contributed by atoms with Crippen LogP contribution in [-0.2, 0) is 6.18 Å². The van der Waals surface area contributed by atoms with Gasteiger partial charge in [0, 0.05) is 12.3 Å². The van der Waals surface area contributed by atoms with E-state index in [2.05, 4.69) is 15.0 Å². The minimum absolute atomic E-state index is 0.191. The van der Waals surface area contributed by atoms with Gasteiger partial charge in [-0.05, 0) is 13.0 Å². The third-order valence-corrected chi connectivity index (χ3v) is 4.03. The van der Waals surface area contributed by atoms with E-state index in [9.17, 15) is 18.0 Å². The minimum Gasteiger partial charge on any atom is -0.329 e. The Bertz CT molecular complexity index is 738. The van der Waals surface area contributed by atoms with E-state index >= 15 is 0 Å². The molecule has 0 unspecified atom stereocenters. The zero-order valence-corrected chi connectivity index (χ0v) is 13.5. The van der Waals surface area contributed by atoms with Crippen LogP contribution in [0.5, 0.6) is 0 Å². The number of piperazine rings is 1. The first kappa shape index (κ1) is 17.1. The smallest absolute Gasteiger partial charge is 0.329 e. The van der Waals surface area contributed by atoms with Gasteiger partial charge in [-0.15, -0.1) is 0 Å². The number of nitrogens with one attached hydrogen (secondary N) is 1. The highest BCUT2D eigenvalue weighted by Crippen LogP contribution is 2.28. The van der Waals surface area contributed by atoms with E-state index in [-0.39, 0.29) is 5.91 Å². The van der Waals surface area contributed by atoms with Crippen LogP contribution < -0.4 is 9.88 Å². The number of carbonyl (C=O) groups is 1. The quantitative estimate of drug-likeness (QED) is 0.823. The average molecular weight is 352 g/mol. The van der Waals surface area contributed by atoms with Crippen molar-refractivity contribution in [3.8, 4) is 0 Å². The van der Waals surface area contributed by atoms with Gasteiger partial charge in [0.25, 0.3) is 11.7 Å². The maximum Gasteiger partial charge on any atom is 0.419 e. The van der Waals surface area contributed by atoms with Crippen LogP contribution in [0.4, 0.5) is 19.0 Å². The minimum atomic E-state index is -4.37. The number of hydrogen-bond acceptors (Lipinski definition) is 4. The number of H-pyrrole nitrogens is 1. The molecule has 3 heterocycles. The molecule has 25 heavy (non-hydrogen) atoms. The number of carbonyl (C=O) groups excluding carboxylic acids is 1. The molecule has 1 aliphatic rings. The first-order valence-corrected chi connectivity index (χ1v) is 7.76. The molecule has 1 aliphatic heterocycles. The summed E-state index contributed by atoms with van der Waals surface area (Å²) >= 11 is 0. The Morgan fingerprint density at radius 3 is 2.36 bits per heavy atom. The van der Waals surface area contributed by atoms with Crippen LogP contribution in [0.25, 0.3) is 0 Å². The van der Waals surface area contributed by atoms with E-state index in [0.29, 0.717) is 37.7 Å². The number of hydrogen-bond donors (Lipinski definition) is 0. The topological polar surface area (TPSA) is 63.5 Å². The lowest BCUT2D eigenvalue weighted by Gasteiger charge is -2.30. The van der Waals surface area contributed by atoms with Gasteiger partial charge in [0.2, 0.25) is 0 Å². The van der Waals surface area contributed by atoms with Crippen LogP contribution in [0.3, 0.4) is 0 Å². The molecule has 0 saturated carbocycles. The second-order valence-electron chi connectivity index (χ2n) is 5.78. The molecule has 0 bridgehead atoms. The Morgan fingerprint density at radius 1 is 1.12 bits per heavy atom. The lowest BCUT2D eigenvalue weighted by Crippen LogP contribution is -2.50. The van der Waals surface area contributed by atoms with Crippen LogP contribution in [0.2, 0.25) is 0 Å². The van der Waals surface area contributed by atoms with Gasteiger partial charge in [-0.25, -0.2) is 9.97 Å². The Balaban J connectivity index is 1.61. The SMILES string of the molecule is Cc1cnc(C(=O)N2CCN(c3ccc(C(F)(F)F)c[nH+]3)CC2)cn1. The highest BCUT2D eigenvalue weighted by Gasteiger charge is 2.33. The average Bonchev–Trinajstić information content (AvgIpc) is 2.61. The number of aromatic amines is 1. The molecule has 1 amide bonds. The van der Waals surface area contributed by atoms with Crippen LogP contribution in [0.1, 0.15) is 21.7 Å². The van der Waals surface area contributed by atoms with Gasteiger partial charge in [0.1, 0.15) is 25.0 Å². The van der Waals surface area contributed by atoms with Crippen molar-refractivity contribution in [3.63, 3.8) is 0 Å². The molecule has 0 aromatic carbocycles. The summed E-state index contributed by atoms with van der Waals surface area (Å²) in [7, 11) is 0. The Morgan fingerprint density at radius 2 is 1.84 bits per heavy atom. The van der Waals surface area contributed by atoms with E-state index in [1.165, 1.54) is 12.3 Å². The molecule has 0 radical (unpaired) electrons. The molecule has 3 rings (SSSR count). The lowest BCUT2D eigenvalue weighted by atomic mass is 10.2. The number of aryl methyl sites for hydroxylation is 1. The zero-order valence-electron chi connectivity index (χ0n) is 13.5. The molecule has 1 saturated heterocycles. The molecular weight excluding hydrogens is 335 g/mol. The summed E-state index contributed by atoms with van der Waals surface area (Å²) in [5.74, 6) is 0.402. The molecule has 9 heteroatoms. The summed E-state index contributed by atoms with van der Waals surface area (Å²) in [6, 6.07) is 2.46. The Hall–Kier alpha value is -2.71. The van der Waals surface area contributed by atoms with Gasteiger partial charge in [-0.3, -0.25) is 14.7 Å². The van der Waals surface area contributed by atoms with E-state index < -0.39 is 11.7 Å². The zero-order chi connectivity index (χ0) is 18.0. The highest BCUT2D eigenvalue weighted by atomic mass is 19.4. The van der Waals surface area contributed by atoms with Crippen molar-refractivity contribution in [2.45, 2.75) is 13.1 Å². The molecule has 0 aliphatic carbocycles. The van der Waals surface area contributed by atoms with Crippen molar-refractivity contribution >= 4 is 11.7 Å². The van der Waals surface area contributed by atoms with E-state index in [1.54, 1.807) is 18.0 Å². The fraction of sp³-hybridized carbons (Fsp3) is 0.375. The molecule has 132 valence electrons. The summed E-state index contributed by atoms with van der Waals surface area (Å²) < 4.78 is 37.8. The van der Waals surface area contributed by atoms with Gasteiger partial charge in [0.05, 0.1) is 30.5 Å². The fourth-order valence-corrected chi connectivity index (χ4v) is 2.61. The van der Waals surface area contributed by atoms with Gasteiger partial charge in [-0.1, -0.05) is 0 Å². The fourth-order valence-electron chi connectivity index (χ4n) is 2.61. The van der Waals surface area contributed by atoms with Crippen molar-refractivity contribution < 1.29 is 22.9 Å². The van der Waals surface area contributed by atoms with Crippen LogP contribution in [0, 0.1) is 6.92 Å². The number of halogens is 3. The molecule has 2 aromatic rings. The van der Waals surface area contributed by atoms with Crippen molar-refractivity contribution in [3.05, 3.63) is 47.7 Å². The molecule has 2 aromatic heterocycles. The summed E-state index contributed by atoms with van der Waals surface area (Å²) in [5.41, 5.74) is 0.308. The van der Waals surface area contributed by atoms with Gasteiger partial charge in [0.15, 0.2) is 0 Å². The second kappa shape index (κ2) is 6.66. The monoisotopic (exact) mass is 352 g/mol. The molecule has 1 fully saturated rings. The predicted molar refractivity (Wildman–Crippen MR) is 82.9 cm³/mol. The maximum atomic E-state index is 12.6. The Kier molecular flexibility index (Phi) is 4.56. The summed E-state index contributed by atoms with van der Waals surface area (Å²) in [5, 5.41) is 0. The van der Waals surface area contributed by atoms with Gasteiger partial charge < -0.3 is 4.90 Å². The first-order chi connectivity index (χ1) is 11.8. The number of amides is 1. The molecular formula is C16H17F3N5O+. The number of alkyl halides is 3. The van der Waals surface area contributed by atoms with Crippen LogP contribution in [0.15, 0.2) is 30.7 Å². The van der Waals surface area contributed by atoms with Crippen molar-refractivity contribution in [1.29, 1.82) is 0 Å². The van der Waals surface area contributed by atoms with Crippen molar-refractivity contribution in [2.75, 3.05) is 31.1 Å². The summed E-state index contributed by atoms with van der Waals surface area (Å²) in [4.78, 5) is 26.8. The third kappa shape index (κ3) is 3.86. The van der Waals surface area contributed by atoms with E-state index in [4.69, 9.17) is 0 Å². The maximum absolute atomic E-state index is 12.6. The standard InChI is InChI=1S/C16H16F3N5O/c1-11-8-21-13(10-20-11)15(25)24-6-4-23(5-7-24)14-3-2-12(9-22-14)16(17,18)19/h2-3,8-10H,4-7H2,1H3/p+1. The third-order valence-electron chi connectivity index (χ3n) is 4.03. The number of rotatable bonds is 2. The second-order valence-corrected chi connectivity index (χ2v) is 5.78.